The fraction of sp³-hybridized carbons (Fsp3) is 0.857. The standard InChI is InChI=1S/C14H23N3O2.ClH/c18-13(2-1-5-16-14(19)10-3-4-10)17-8-11-6-15-7-12(11)9-17;/h10-12,15H,1-9H2,(H,16,19);1H/t11-,12+;. The number of carbonyl (C=O) groups excluding carboxylic acids is 2. The first kappa shape index (κ1) is 15.6. The van der Waals surface area contributed by atoms with Gasteiger partial charge in [0.05, 0.1) is 0 Å². The van der Waals surface area contributed by atoms with Crippen molar-refractivity contribution in [2.24, 2.45) is 17.8 Å². The number of halogens is 1. The van der Waals surface area contributed by atoms with Crippen molar-refractivity contribution in [3.63, 3.8) is 0 Å². The van der Waals surface area contributed by atoms with Gasteiger partial charge in [-0.15, -0.1) is 12.4 Å². The summed E-state index contributed by atoms with van der Waals surface area (Å²) >= 11 is 0. The van der Waals surface area contributed by atoms with Crippen LogP contribution >= 0.6 is 12.4 Å². The van der Waals surface area contributed by atoms with Gasteiger partial charge in [0.15, 0.2) is 0 Å². The number of nitrogens with zero attached hydrogens (tertiary/aromatic N) is 1. The number of fused-ring (bicyclic) bond motifs is 1. The second-order valence-electron chi connectivity index (χ2n) is 6.15. The van der Waals surface area contributed by atoms with Gasteiger partial charge in [-0.1, -0.05) is 0 Å². The predicted octanol–water partition coefficient (Wildman–Crippen LogP) is 0.392. The Balaban J connectivity index is 0.00000147. The van der Waals surface area contributed by atoms with E-state index < -0.39 is 0 Å². The highest BCUT2D eigenvalue weighted by Crippen LogP contribution is 2.29. The van der Waals surface area contributed by atoms with E-state index in [4.69, 9.17) is 0 Å². The van der Waals surface area contributed by atoms with Crippen LogP contribution in [0.3, 0.4) is 0 Å². The van der Waals surface area contributed by atoms with E-state index in [-0.39, 0.29) is 30.1 Å². The molecule has 0 aromatic heterocycles. The van der Waals surface area contributed by atoms with Gasteiger partial charge in [0, 0.05) is 45.1 Å². The largest absolute Gasteiger partial charge is 0.356 e. The van der Waals surface area contributed by atoms with Crippen LogP contribution in [0.2, 0.25) is 0 Å². The molecule has 2 amide bonds. The quantitative estimate of drug-likeness (QED) is 0.722. The van der Waals surface area contributed by atoms with Crippen LogP contribution in [0.5, 0.6) is 0 Å². The normalized spacial score (nSPS) is 27.9. The van der Waals surface area contributed by atoms with Gasteiger partial charge < -0.3 is 15.5 Å². The molecule has 1 aliphatic carbocycles. The summed E-state index contributed by atoms with van der Waals surface area (Å²) in [6, 6.07) is 0. The van der Waals surface area contributed by atoms with Gasteiger partial charge in [0.1, 0.15) is 0 Å². The lowest BCUT2D eigenvalue weighted by Crippen LogP contribution is -2.32. The third-order valence-corrected chi connectivity index (χ3v) is 4.56. The minimum absolute atomic E-state index is 0. The van der Waals surface area contributed by atoms with Crippen LogP contribution < -0.4 is 10.6 Å². The van der Waals surface area contributed by atoms with Crippen LogP contribution in [0, 0.1) is 17.8 Å². The Hall–Kier alpha value is -0.810. The molecule has 2 atom stereocenters. The second kappa shape index (κ2) is 6.76. The van der Waals surface area contributed by atoms with Gasteiger partial charge in [-0.25, -0.2) is 0 Å². The molecule has 0 spiro atoms. The molecule has 6 heteroatoms. The zero-order valence-corrected chi connectivity index (χ0v) is 12.6. The average Bonchev–Trinajstić information content (AvgIpc) is 3.02. The summed E-state index contributed by atoms with van der Waals surface area (Å²) in [5, 5.41) is 6.29. The van der Waals surface area contributed by atoms with Crippen molar-refractivity contribution in [2.45, 2.75) is 25.7 Å². The maximum atomic E-state index is 12.1. The molecule has 2 saturated heterocycles. The van der Waals surface area contributed by atoms with Crippen molar-refractivity contribution in [1.82, 2.24) is 15.5 Å². The summed E-state index contributed by atoms with van der Waals surface area (Å²) < 4.78 is 0. The highest BCUT2D eigenvalue weighted by atomic mass is 35.5. The van der Waals surface area contributed by atoms with E-state index in [1.54, 1.807) is 0 Å². The van der Waals surface area contributed by atoms with Gasteiger partial charge in [0.25, 0.3) is 0 Å². The number of carbonyl (C=O) groups is 2. The smallest absolute Gasteiger partial charge is 0.223 e. The number of rotatable bonds is 5. The summed E-state index contributed by atoms with van der Waals surface area (Å²) in [4.78, 5) is 25.5. The molecule has 0 bridgehead atoms. The summed E-state index contributed by atoms with van der Waals surface area (Å²) in [6.07, 6.45) is 3.41. The lowest BCUT2D eigenvalue weighted by atomic mass is 10.0. The monoisotopic (exact) mass is 301 g/mol. The topological polar surface area (TPSA) is 61.4 Å². The lowest BCUT2D eigenvalue weighted by molar-refractivity contribution is -0.130. The average molecular weight is 302 g/mol. The molecular formula is C14H24ClN3O2. The van der Waals surface area contributed by atoms with E-state index in [2.05, 4.69) is 10.6 Å². The third-order valence-electron chi connectivity index (χ3n) is 4.56. The molecule has 0 aromatic carbocycles. The van der Waals surface area contributed by atoms with E-state index in [9.17, 15) is 9.59 Å². The van der Waals surface area contributed by atoms with Gasteiger partial charge in [-0.05, 0) is 31.1 Å². The molecule has 3 fully saturated rings. The molecule has 5 nitrogen and oxygen atoms in total. The fourth-order valence-electron chi connectivity index (χ4n) is 3.16. The summed E-state index contributed by atoms with van der Waals surface area (Å²) in [5.41, 5.74) is 0. The number of nitrogens with one attached hydrogen (secondary N) is 2. The van der Waals surface area contributed by atoms with Crippen molar-refractivity contribution in [3.8, 4) is 0 Å². The lowest BCUT2D eigenvalue weighted by Gasteiger charge is -2.17. The zero-order chi connectivity index (χ0) is 13.2. The van der Waals surface area contributed by atoms with Gasteiger partial charge >= 0.3 is 0 Å². The minimum atomic E-state index is 0. The van der Waals surface area contributed by atoms with E-state index in [0.717, 1.165) is 45.4 Å². The fourth-order valence-corrected chi connectivity index (χ4v) is 3.16. The minimum Gasteiger partial charge on any atom is -0.356 e. The Labute approximate surface area is 126 Å². The molecule has 3 aliphatic rings. The molecule has 1 saturated carbocycles. The van der Waals surface area contributed by atoms with Gasteiger partial charge in [-0.2, -0.15) is 0 Å². The van der Waals surface area contributed by atoms with Crippen LogP contribution in [-0.2, 0) is 9.59 Å². The van der Waals surface area contributed by atoms with Crippen LogP contribution in [0.25, 0.3) is 0 Å². The van der Waals surface area contributed by atoms with Crippen LogP contribution in [0.4, 0.5) is 0 Å². The SMILES string of the molecule is Cl.O=C(NCCCC(=O)N1C[C@H]2CNC[C@H]2C1)C1CC1. The third kappa shape index (κ3) is 3.64. The number of hydrogen-bond acceptors (Lipinski definition) is 3. The highest BCUT2D eigenvalue weighted by Gasteiger charge is 2.37. The Morgan fingerprint density at radius 1 is 1.15 bits per heavy atom. The molecule has 0 unspecified atom stereocenters. The Morgan fingerprint density at radius 3 is 2.40 bits per heavy atom. The van der Waals surface area contributed by atoms with E-state index in [1.807, 2.05) is 4.90 Å². The second-order valence-corrected chi connectivity index (χ2v) is 6.15. The first-order chi connectivity index (χ1) is 9.24. The maximum Gasteiger partial charge on any atom is 0.223 e. The molecular weight excluding hydrogens is 278 g/mol. The van der Waals surface area contributed by atoms with Crippen LogP contribution in [0.1, 0.15) is 25.7 Å². The number of likely N-dealkylation sites (tertiary alicyclic amines) is 1. The van der Waals surface area contributed by atoms with Gasteiger partial charge in [0.2, 0.25) is 11.8 Å². The molecule has 2 N–H and O–H groups in total. The van der Waals surface area contributed by atoms with E-state index >= 15 is 0 Å². The highest BCUT2D eigenvalue weighted by molar-refractivity contribution is 5.85. The maximum absolute atomic E-state index is 12.1. The number of amides is 2. The molecule has 114 valence electrons. The molecule has 0 aromatic rings. The Morgan fingerprint density at radius 2 is 1.80 bits per heavy atom. The van der Waals surface area contributed by atoms with Crippen molar-refractivity contribution in [1.29, 1.82) is 0 Å². The Kier molecular flexibility index (Phi) is 5.27. The summed E-state index contributed by atoms with van der Waals surface area (Å²) in [7, 11) is 0. The van der Waals surface area contributed by atoms with Crippen LogP contribution in [0.15, 0.2) is 0 Å². The summed E-state index contributed by atoms with van der Waals surface area (Å²) in [6.45, 7) is 4.61. The molecule has 20 heavy (non-hydrogen) atoms. The van der Waals surface area contributed by atoms with Crippen LogP contribution in [-0.4, -0.2) is 49.4 Å². The van der Waals surface area contributed by atoms with E-state index in [0.29, 0.717) is 24.8 Å². The molecule has 2 heterocycles. The molecule has 0 radical (unpaired) electrons. The zero-order valence-electron chi connectivity index (χ0n) is 11.8. The number of hydrogen-bond donors (Lipinski definition) is 2. The van der Waals surface area contributed by atoms with Crippen molar-refractivity contribution in [2.75, 3.05) is 32.7 Å². The van der Waals surface area contributed by atoms with Crippen molar-refractivity contribution >= 4 is 24.2 Å². The predicted molar refractivity (Wildman–Crippen MR) is 78.6 cm³/mol. The molecule has 2 aliphatic heterocycles. The van der Waals surface area contributed by atoms with Crippen molar-refractivity contribution in [3.05, 3.63) is 0 Å². The first-order valence-corrected chi connectivity index (χ1v) is 7.50. The first-order valence-electron chi connectivity index (χ1n) is 7.50. The molecule has 3 rings (SSSR count). The summed E-state index contributed by atoms with van der Waals surface area (Å²) in [5.74, 6) is 2.03. The van der Waals surface area contributed by atoms with Crippen molar-refractivity contribution < 1.29 is 9.59 Å². The van der Waals surface area contributed by atoms with Gasteiger partial charge in [-0.3, -0.25) is 9.59 Å². The Bertz CT molecular complexity index is 361. The van der Waals surface area contributed by atoms with E-state index in [1.165, 1.54) is 0 Å².